The maximum atomic E-state index is 12.6. The number of aliphatic hydroxyl groups excluding tert-OH is 1. The van der Waals surface area contributed by atoms with Crippen molar-refractivity contribution in [3.63, 3.8) is 0 Å². The van der Waals surface area contributed by atoms with E-state index in [1.165, 1.54) is 11.3 Å². The lowest BCUT2D eigenvalue weighted by Crippen LogP contribution is -2.31. The predicted molar refractivity (Wildman–Crippen MR) is 84.5 cm³/mol. The maximum Gasteiger partial charge on any atom is 0.283 e. The van der Waals surface area contributed by atoms with Gasteiger partial charge in [0.1, 0.15) is 0 Å². The minimum atomic E-state index is -0.141. The van der Waals surface area contributed by atoms with Gasteiger partial charge in [-0.1, -0.05) is 37.3 Å². The van der Waals surface area contributed by atoms with Gasteiger partial charge in [-0.25, -0.2) is 4.98 Å². The molecule has 5 heteroatoms. The van der Waals surface area contributed by atoms with Crippen LogP contribution in [0.3, 0.4) is 0 Å². The van der Waals surface area contributed by atoms with Crippen molar-refractivity contribution < 1.29 is 9.90 Å². The van der Waals surface area contributed by atoms with Gasteiger partial charge >= 0.3 is 0 Å². The molecule has 0 fully saturated rings. The van der Waals surface area contributed by atoms with Crippen molar-refractivity contribution in [1.82, 2.24) is 9.88 Å². The summed E-state index contributed by atoms with van der Waals surface area (Å²) in [5, 5.41) is 9.80. The fourth-order valence-electron chi connectivity index (χ4n) is 2.24. The van der Waals surface area contributed by atoms with E-state index in [0.29, 0.717) is 11.4 Å². The monoisotopic (exact) mass is 304 g/mol. The lowest BCUT2D eigenvalue weighted by Gasteiger charge is -2.27. The van der Waals surface area contributed by atoms with E-state index in [9.17, 15) is 9.90 Å². The number of rotatable bonds is 6. The van der Waals surface area contributed by atoms with Crippen LogP contribution in [0.15, 0.2) is 36.5 Å². The van der Waals surface area contributed by atoms with Gasteiger partial charge < -0.3 is 10.0 Å². The summed E-state index contributed by atoms with van der Waals surface area (Å²) in [6.07, 6.45) is 3.15. The van der Waals surface area contributed by atoms with Gasteiger partial charge in [-0.15, -0.1) is 11.3 Å². The Hall–Kier alpha value is -1.72. The molecular formula is C16H20N2O2S. The lowest BCUT2D eigenvalue weighted by molar-refractivity contribution is 0.0705. The van der Waals surface area contributed by atoms with Gasteiger partial charge in [0, 0.05) is 24.7 Å². The van der Waals surface area contributed by atoms with Crippen LogP contribution < -0.4 is 0 Å². The second kappa shape index (κ2) is 7.33. The molecule has 1 atom stereocenters. The minimum Gasteiger partial charge on any atom is -0.396 e. The van der Waals surface area contributed by atoms with Gasteiger partial charge in [0.25, 0.3) is 5.91 Å². The molecule has 21 heavy (non-hydrogen) atoms. The Kier molecular flexibility index (Phi) is 5.47. The summed E-state index contributed by atoms with van der Waals surface area (Å²) in [5.41, 5.74) is 1.02. The van der Waals surface area contributed by atoms with Crippen LogP contribution in [0.25, 0.3) is 0 Å². The van der Waals surface area contributed by atoms with Gasteiger partial charge in [0.2, 0.25) is 0 Å². The summed E-state index contributed by atoms with van der Waals surface area (Å²) in [7, 11) is 1.77. The molecule has 2 rings (SSSR count). The Bertz CT molecular complexity index is 583. The largest absolute Gasteiger partial charge is 0.396 e. The first-order chi connectivity index (χ1) is 10.2. The predicted octanol–water partition coefficient (Wildman–Crippen LogP) is 2.90. The van der Waals surface area contributed by atoms with Crippen LogP contribution in [0.1, 0.15) is 39.6 Å². The molecule has 4 nitrogen and oxygen atoms in total. The highest BCUT2D eigenvalue weighted by molar-refractivity contribution is 7.13. The van der Waals surface area contributed by atoms with Crippen molar-refractivity contribution in [2.45, 2.75) is 25.8 Å². The molecule has 0 aliphatic rings. The molecule has 0 radical (unpaired) electrons. The molecule has 1 aromatic carbocycles. The minimum absolute atomic E-state index is 0.0370. The zero-order chi connectivity index (χ0) is 15.2. The molecule has 0 spiro atoms. The Morgan fingerprint density at radius 3 is 2.67 bits per heavy atom. The van der Waals surface area contributed by atoms with E-state index in [1.54, 1.807) is 18.1 Å². The molecule has 1 heterocycles. The van der Waals surface area contributed by atoms with Gasteiger partial charge in [-0.2, -0.15) is 0 Å². The maximum absolute atomic E-state index is 12.6. The third kappa shape index (κ3) is 3.68. The summed E-state index contributed by atoms with van der Waals surface area (Å²) in [4.78, 5) is 19.5. The van der Waals surface area contributed by atoms with Gasteiger partial charge in [0.05, 0.1) is 6.04 Å². The Morgan fingerprint density at radius 1 is 1.38 bits per heavy atom. The Labute approximate surface area is 129 Å². The molecule has 112 valence electrons. The summed E-state index contributed by atoms with van der Waals surface area (Å²) in [5.74, 6) is -0.0954. The third-order valence-electron chi connectivity index (χ3n) is 3.46. The van der Waals surface area contributed by atoms with Gasteiger partial charge in [-0.05, 0) is 18.4 Å². The van der Waals surface area contributed by atoms with Crippen molar-refractivity contribution in [1.29, 1.82) is 0 Å². The van der Waals surface area contributed by atoms with Crippen LogP contribution >= 0.6 is 11.3 Å². The van der Waals surface area contributed by atoms with Crippen LogP contribution in [0.4, 0.5) is 0 Å². The zero-order valence-corrected chi connectivity index (χ0v) is 13.1. The van der Waals surface area contributed by atoms with Crippen LogP contribution in [0.2, 0.25) is 0 Å². The summed E-state index contributed by atoms with van der Waals surface area (Å²) >= 11 is 1.44. The van der Waals surface area contributed by atoms with Crippen molar-refractivity contribution in [2.75, 3.05) is 13.7 Å². The fraction of sp³-hybridized carbons (Fsp3) is 0.375. The average Bonchev–Trinajstić information content (AvgIpc) is 3.01. The van der Waals surface area contributed by atoms with E-state index >= 15 is 0 Å². The molecule has 1 aromatic heterocycles. The standard InChI is InChI=1S/C16H20N2O2S/c1-3-13-11-17-15(21-13)16(20)18(2)14(9-10-19)12-7-5-4-6-8-12/h4-8,11,14,19H,3,9-10H2,1-2H3/t14-/m1/s1. The molecule has 0 saturated heterocycles. The zero-order valence-electron chi connectivity index (χ0n) is 12.3. The highest BCUT2D eigenvalue weighted by atomic mass is 32.1. The van der Waals surface area contributed by atoms with Crippen molar-refractivity contribution in [2.24, 2.45) is 0 Å². The number of aryl methyl sites for hydroxylation is 1. The number of aliphatic hydroxyl groups is 1. The molecule has 0 aliphatic carbocycles. The normalized spacial score (nSPS) is 12.1. The highest BCUT2D eigenvalue weighted by Crippen LogP contribution is 2.25. The first-order valence-corrected chi connectivity index (χ1v) is 7.86. The SMILES string of the molecule is CCc1cnc(C(=O)N(C)[C@H](CCO)c2ccccc2)s1. The van der Waals surface area contributed by atoms with Gasteiger partial charge in [-0.3, -0.25) is 4.79 Å². The number of hydrogen-bond acceptors (Lipinski definition) is 4. The van der Waals surface area contributed by atoms with E-state index in [-0.39, 0.29) is 18.6 Å². The second-order valence-electron chi connectivity index (χ2n) is 4.84. The highest BCUT2D eigenvalue weighted by Gasteiger charge is 2.24. The first-order valence-electron chi connectivity index (χ1n) is 7.05. The van der Waals surface area contributed by atoms with Gasteiger partial charge in [0.15, 0.2) is 5.01 Å². The number of aromatic nitrogens is 1. The smallest absolute Gasteiger partial charge is 0.283 e. The lowest BCUT2D eigenvalue weighted by atomic mass is 10.0. The van der Waals surface area contributed by atoms with E-state index in [2.05, 4.69) is 4.98 Å². The van der Waals surface area contributed by atoms with Crippen molar-refractivity contribution in [3.05, 3.63) is 52.0 Å². The number of nitrogens with zero attached hydrogens (tertiary/aromatic N) is 2. The molecular weight excluding hydrogens is 284 g/mol. The number of carbonyl (C=O) groups excluding carboxylic acids is 1. The molecule has 0 unspecified atom stereocenters. The van der Waals surface area contributed by atoms with E-state index in [1.807, 2.05) is 37.3 Å². The number of amides is 1. The van der Waals surface area contributed by atoms with Crippen LogP contribution in [0.5, 0.6) is 0 Å². The van der Waals surface area contributed by atoms with Crippen LogP contribution in [-0.4, -0.2) is 34.6 Å². The van der Waals surface area contributed by atoms with Crippen LogP contribution in [0, 0.1) is 0 Å². The quantitative estimate of drug-likeness (QED) is 0.893. The molecule has 1 N–H and O–H groups in total. The Balaban J connectivity index is 2.21. The first kappa shape index (κ1) is 15.7. The fourth-order valence-corrected chi connectivity index (χ4v) is 3.08. The summed E-state index contributed by atoms with van der Waals surface area (Å²) in [6.45, 7) is 2.08. The summed E-state index contributed by atoms with van der Waals surface area (Å²) < 4.78 is 0. The number of thiazole rings is 1. The molecule has 0 aliphatic heterocycles. The number of benzene rings is 1. The van der Waals surface area contributed by atoms with E-state index < -0.39 is 0 Å². The molecule has 0 bridgehead atoms. The average molecular weight is 304 g/mol. The third-order valence-corrected chi connectivity index (χ3v) is 4.59. The van der Waals surface area contributed by atoms with E-state index in [0.717, 1.165) is 16.9 Å². The van der Waals surface area contributed by atoms with Crippen LogP contribution in [-0.2, 0) is 6.42 Å². The second-order valence-corrected chi connectivity index (χ2v) is 5.96. The Morgan fingerprint density at radius 2 is 2.10 bits per heavy atom. The molecule has 0 saturated carbocycles. The topological polar surface area (TPSA) is 53.4 Å². The number of carbonyl (C=O) groups is 1. The van der Waals surface area contributed by atoms with E-state index in [4.69, 9.17) is 0 Å². The molecule has 1 amide bonds. The number of hydrogen-bond donors (Lipinski definition) is 1. The van der Waals surface area contributed by atoms with Crippen molar-refractivity contribution in [3.8, 4) is 0 Å². The molecule has 2 aromatic rings. The summed E-state index contributed by atoms with van der Waals surface area (Å²) in [6, 6.07) is 9.63. The van der Waals surface area contributed by atoms with Crippen molar-refractivity contribution >= 4 is 17.2 Å².